The van der Waals surface area contributed by atoms with Gasteiger partial charge in [-0.2, -0.15) is 0 Å². The second-order valence-corrected chi connectivity index (χ2v) is 23.2. The van der Waals surface area contributed by atoms with Gasteiger partial charge in [0.2, 0.25) is 5.91 Å². The normalized spacial score (nSPS) is 12.6. The van der Waals surface area contributed by atoms with Crippen LogP contribution in [0.2, 0.25) is 0 Å². The lowest BCUT2D eigenvalue weighted by atomic mass is 10.0. The fraction of sp³-hybridized carbons (Fsp3) is 0.912. The van der Waals surface area contributed by atoms with Crippen molar-refractivity contribution >= 4 is 11.9 Å². The number of ether oxygens (including phenoxy) is 1. The molecule has 0 saturated carbocycles. The van der Waals surface area contributed by atoms with Gasteiger partial charge < -0.3 is 20.3 Å². The number of carbonyl (C=O) groups excluding carboxylic acids is 2. The van der Waals surface area contributed by atoms with Crippen LogP contribution < -0.4 is 5.32 Å². The zero-order chi connectivity index (χ0) is 53.6. The van der Waals surface area contributed by atoms with Gasteiger partial charge in [-0.25, -0.2) is 0 Å². The fourth-order valence-corrected chi connectivity index (χ4v) is 10.6. The van der Waals surface area contributed by atoms with E-state index in [-0.39, 0.29) is 18.5 Å². The van der Waals surface area contributed by atoms with E-state index in [4.69, 9.17) is 4.74 Å². The van der Waals surface area contributed by atoms with Crippen LogP contribution in [0.5, 0.6) is 0 Å². The van der Waals surface area contributed by atoms with Crippen molar-refractivity contribution in [3.05, 3.63) is 24.3 Å². The fourth-order valence-electron chi connectivity index (χ4n) is 10.6. The van der Waals surface area contributed by atoms with Gasteiger partial charge in [-0.1, -0.05) is 327 Å². The lowest BCUT2D eigenvalue weighted by Crippen LogP contribution is -2.45. The Bertz CT molecular complexity index is 1150. The van der Waals surface area contributed by atoms with Crippen molar-refractivity contribution in [2.75, 3.05) is 13.2 Å². The van der Waals surface area contributed by atoms with E-state index in [1.54, 1.807) is 6.08 Å². The smallest absolute Gasteiger partial charge is 0.305 e. The summed E-state index contributed by atoms with van der Waals surface area (Å²) in [5.74, 6) is -0.0483. The van der Waals surface area contributed by atoms with Crippen molar-refractivity contribution in [1.29, 1.82) is 0 Å². The number of hydrogen-bond acceptors (Lipinski definition) is 5. The summed E-state index contributed by atoms with van der Waals surface area (Å²) in [6.45, 7) is 4.90. The highest BCUT2D eigenvalue weighted by Gasteiger charge is 2.18. The van der Waals surface area contributed by atoms with Gasteiger partial charge in [-0.3, -0.25) is 9.59 Å². The van der Waals surface area contributed by atoms with E-state index in [0.717, 1.165) is 44.9 Å². The number of allylic oxidation sites excluding steroid dienone is 3. The molecule has 1 amide bonds. The number of amides is 1. The van der Waals surface area contributed by atoms with E-state index >= 15 is 0 Å². The molecule has 0 bridgehead atoms. The lowest BCUT2D eigenvalue weighted by Gasteiger charge is -2.20. The number of unbranched alkanes of at least 4 members (excludes halogenated alkanes) is 50. The molecule has 0 rings (SSSR count). The first kappa shape index (κ1) is 72.3. The van der Waals surface area contributed by atoms with Gasteiger partial charge in [-0.05, 0) is 57.8 Å². The summed E-state index contributed by atoms with van der Waals surface area (Å²) in [4.78, 5) is 24.5. The second-order valence-electron chi connectivity index (χ2n) is 23.2. The van der Waals surface area contributed by atoms with Crippen molar-refractivity contribution in [3.63, 3.8) is 0 Å². The number of aliphatic hydroxyl groups excluding tert-OH is 2. The van der Waals surface area contributed by atoms with Crippen LogP contribution in [0.1, 0.15) is 373 Å². The molecule has 0 spiro atoms. The highest BCUT2D eigenvalue weighted by molar-refractivity contribution is 5.76. The third-order valence-electron chi connectivity index (χ3n) is 15.7. The topological polar surface area (TPSA) is 95.9 Å². The van der Waals surface area contributed by atoms with Gasteiger partial charge >= 0.3 is 5.97 Å². The van der Waals surface area contributed by atoms with Crippen LogP contribution in [-0.4, -0.2) is 47.4 Å². The number of carbonyl (C=O) groups is 2. The molecular formula is C68H131NO5. The molecule has 0 aromatic heterocycles. The molecule has 0 saturated heterocycles. The molecule has 0 aliphatic carbocycles. The summed E-state index contributed by atoms with van der Waals surface area (Å²) in [6.07, 6.45) is 79.8. The van der Waals surface area contributed by atoms with Gasteiger partial charge in [0.25, 0.3) is 0 Å². The standard InChI is InChI=1S/C68H131NO5/c1-3-5-7-9-11-13-14-15-16-17-33-36-39-42-46-50-54-58-62-68(73)74-63-59-55-51-47-43-40-37-34-31-29-27-25-23-21-19-18-20-22-24-26-28-30-32-35-38-41-45-49-53-57-61-67(72)69-65(64-70)66(71)60-56-52-48-44-12-10-8-6-4-2/h16-17,56,60,65-66,70-71H,3-15,18-55,57-59,61-64H2,1-2H3,(H,69,72)/b17-16-,60-56+. The number of hydrogen-bond donors (Lipinski definition) is 3. The van der Waals surface area contributed by atoms with Crippen LogP contribution in [0.15, 0.2) is 24.3 Å². The Morgan fingerprint density at radius 3 is 0.959 bits per heavy atom. The maximum atomic E-state index is 12.4. The number of rotatable bonds is 63. The average molecular weight is 1040 g/mol. The zero-order valence-corrected chi connectivity index (χ0v) is 50.1. The minimum Gasteiger partial charge on any atom is -0.466 e. The summed E-state index contributed by atoms with van der Waals surface area (Å²) in [5, 5.41) is 23.0. The lowest BCUT2D eigenvalue weighted by molar-refractivity contribution is -0.143. The van der Waals surface area contributed by atoms with E-state index in [2.05, 4.69) is 31.3 Å². The first-order valence-corrected chi connectivity index (χ1v) is 33.6. The SMILES string of the molecule is CCCCCCCCC/C=C\CCCCCCCCCC(=O)OCCCCCCCCCCCCCCCCCCCCCCCCCCCCCCCCC(=O)NC(CO)C(O)/C=C/CCCCCCCCC. The molecule has 0 aliphatic heterocycles. The largest absolute Gasteiger partial charge is 0.466 e. The van der Waals surface area contributed by atoms with E-state index < -0.39 is 12.1 Å². The highest BCUT2D eigenvalue weighted by atomic mass is 16.5. The van der Waals surface area contributed by atoms with Gasteiger partial charge in [0.05, 0.1) is 25.4 Å². The van der Waals surface area contributed by atoms with Crippen LogP contribution in [0.4, 0.5) is 0 Å². The molecule has 0 radical (unpaired) electrons. The van der Waals surface area contributed by atoms with Gasteiger partial charge in [0, 0.05) is 12.8 Å². The Labute approximate surface area is 462 Å². The van der Waals surface area contributed by atoms with Gasteiger partial charge in [0.15, 0.2) is 0 Å². The predicted octanol–water partition coefficient (Wildman–Crippen LogP) is 21.4. The molecule has 3 N–H and O–H groups in total. The van der Waals surface area contributed by atoms with Gasteiger partial charge in [-0.15, -0.1) is 0 Å². The summed E-state index contributed by atoms with van der Waals surface area (Å²) < 4.78 is 5.51. The summed E-state index contributed by atoms with van der Waals surface area (Å²) in [5.41, 5.74) is 0. The molecule has 438 valence electrons. The Hall–Kier alpha value is -1.66. The third kappa shape index (κ3) is 59.6. The van der Waals surface area contributed by atoms with Crippen molar-refractivity contribution in [3.8, 4) is 0 Å². The van der Waals surface area contributed by atoms with E-state index in [1.165, 1.54) is 302 Å². The number of esters is 1. The minimum absolute atomic E-state index is 0.0172. The van der Waals surface area contributed by atoms with Crippen LogP contribution in [-0.2, 0) is 14.3 Å². The maximum absolute atomic E-state index is 12.4. The first-order chi connectivity index (χ1) is 36.5. The van der Waals surface area contributed by atoms with Crippen LogP contribution in [0.25, 0.3) is 0 Å². The first-order valence-electron chi connectivity index (χ1n) is 33.6. The third-order valence-corrected chi connectivity index (χ3v) is 15.7. The van der Waals surface area contributed by atoms with E-state index in [0.29, 0.717) is 19.4 Å². The Balaban J connectivity index is 3.30. The van der Waals surface area contributed by atoms with Crippen LogP contribution >= 0.6 is 0 Å². The molecule has 0 aliphatic rings. The van der Waals surface area contributed by atoms with Crippen LogP contribution in [0.3, 0.4) is 0 Å². The van der Waals surface area contributed by atoms with Crippen LogP contribution in [0, 0.1) is 0 Å². The summed E-state index contributed by atoms with van der Waals surface area (Å²) in [7, 11) is 0. The van der Waals surface area contributed by atoms with Crippen molar-refractivity contribution in [2.45, 2.75) is 386 Å². The Kier molecular flexibility index (Phi) is 62.4. The molecule has 0 aromatic rings. The summed E-state index contributed by atoms with van der Waals surface area (Å²) in [6, 6.07) is -0.622. The van der Waals surface area contributed by atoms with E-state index in [9.17, 15) is 19.8 Å². The van der Waals surface area contributed by atoms with Crippen molar-refractivity contribution < 1.29 is 24.5 Å². The Morgan fingerprint density at radius 2 is 0.635 bits per heavy atom. The maximum Gasteiger partial charge on any atom is 0.305 e. The highest BCUT2D eigenvalue weighted by Crippen LogP contribution is 2.18. The molecule has 0 heterocycles. The molecule has 2 atom stereocenters. The molecular weight excluding hydrogens is 911 g/mol. The Morgan fingerprint density at radius 1 is 0.365 bits per heavy atom. The molecule has 0 fully saturated rings. The molecule has 6 nitrogen and oxygen atoms in total. The molecule has 0 aromatic carbocycles. The average Bonchev–Trinajstić information content (AvgIpc) is 3.40. The monoisotopic (exact) mass is 1040 g/mol. The summed E-state index contributed by atoms with van der Waals surface area (Å²) >= 11 is 0. The molecule has 2 unspecified atom stereocenters. The van der Waals surface area contributed by atoms with Crippen molar-refractivity contribution in [1.82, 2.24) is 5.32 Å². The predicted molar refractivity (Wildman–Crippen MR) is 324 cm³/mol. The quantitative estimate of drug-likeness (QED) is 0.0320. The van der Waals surface area contributed by atoms with E-state index in [1.807, 2.05) is 6.08 Å². The number of aliphatic hydroxyl groups is 2. The number of nitrogens with one attached hydrogen (secondary N) is 1. The minimum atomic E-state index is -0.839. The zero-order valence-electron chi connectivity index (χ0n) is 50.1. The molecule has 74 heavy (non-hydrogen) atoms. The van der Waals surface area contributed by atoms with Gasteiger partial charge in [0.1, 0.15) is 0 Å². The second kappa shape index (κ2) is 63.9. The van der Waals surface area contributed by atoms with Crippen molar-refractivity contribution in [2.24, 2.45) is 0 Å². The molecule has 6 heteroatoms.